The third-order valence-electron chi connectivity index (χ3n) is 5.69. The van der Waals surface area contributed by atoms with Gasteiger partial charge < -0.3 is 4.74 Å². The van der Waals surface area contributed by atoms with E-state index in [9.17, 15) is 9.59 Å². The first-order valence-corrected chi connectivity index (χ1v) is 13.0. The van der Waals surface area contributed by atoms with Crippen molar-refractivity contribution in [3.8, 4) is 0 Å². The number of rotatable bonds is 8. The largest absolute Gasteiger partial charge is 0.462 e. The molecule has 4 aromatic rings. The van der Waals surface area contributed by atoms with Gasteiger partial charge >= 0.3 is 5.97 Å². The third kappa shape index (κ3) is 4.79. The smallest absolute Gasteiger partial charge is 0.338 e. The van der Waals surface area contributed by atoms with E-state index >= 15 is 0 Å². The van der Waals surface area contributed by atoms with Crippen LogP contribution < -0.4 is 15.9 Å². The van der Waals surface area contributed by atoms with Crippen molar-refractivity contribution < 1.29 is 14.3 Å². The highest BCUT2D eigenvalue weighted by Gasteiger charge is 2.47. The Morgan fingerprint density at radius 3 is 1.39 bits per heavy atom. The number of ether oxygens (including phenoxy) is 1. The maximum atomic E-state index is 13.7. The number of esters is 1. The quantitative estimate of drug-likeness (QED) is 0.213. The second-order valence-electron chi connectivity index (χ2n) is 7.70. The van der Waals surface area contributed by atoms with E-state index in [4.69, 9.17) is 4.74 Å². The minimum Gasteiger partial charge on any atom is -0.462 e. The Labute approximate surface area is 195 Å². The molecule has 164 valence electrons. The van der Waals surface area contributed by atoms with Crippen molar-refractivity contribution in [3.05, 3.63) is 126 Å². The van der Waals surface area contributed by atoms with Crippen molar-refractivity contribution in [1.29, 1.82) is 0 Å². The highest BCUT2D eigenvalue weighted by Crippen LogP contribution is 2.55. The van der Waals surface area contributed by atoms with Crippen LogP contribution in [0.5, 0.6) is 0 Å². The van der Waals surface area contributed by atoms with E-state index < -0.39 is 7.26 Å². The predicted octanol–water partition coefficient (Wildman–Crippen LogP) is 5.04. The summed E-state index contributed by atoms with van der Waals surface area (Å²) < 4.78 is 5.06. The van der Waals surface area contributed by atoms with Gasteiger partial charge in [0, 0.05) is 5.56 Å². The number of ketones is 1. The molecular formula is C29H26O3P+. The molecule has 0 aliphatic heterocycles. The summed E-state index contributed by atoms with van der Waals surface area (Å²) >= 11 is 0. The maximum Gasteiger partial charge on any atom is 0.338 e. The maximum absolute atomic E-state index is 13.7. The van der Waals surface area contributed by atoms with Gasteiger partial charge in [0.2, 0.25) is 5.78 Å². The Balaban J connectivity index is 1.80. The molecule has 0 bridgehead atoms. The second kappa shape index (κ2) is 10.4. The SMILES string of the molecule is CCOC(=O)c1ccc(C(=O)C[P+](c2ccccc2)(c2ccccc2)c2ccccc2)cc1. The number of benzene rings is 4. The average molecular weight is 453 g/mol. The highest BCUT2D eigenvalue weighted by atomic mass is 31.2. The molecule has 4 aromatic carbocycles. The van der Waals surface area contributed by atoms with Crippen LogP contribution in [-0.2, 0) is 4.74 Å². The first kappa shape index (κ1) is 22.6. The Morgan fingerprint density at radius 2 is 1.00 bits per heavy atom. The normalized spacial score (nSPS) is 11.1. The zero-order valence-corrected chi connectivity index (χ0v) is 19.5. The van der Waals surface area contributed by atoms with E-state index in [2.05, 4.69) is 36.4 Å². The number of carbonyl (C=O) groups excluding carboxylic acids is 2. The van der Waals surface area contributed by atoms with Gasteiger partial charge in [0.25, 0.3) is 0 Å². The van der Waals surface area contributed by atoms with Crippen molar-refractivity contribution in [2.24, 2.45) is 0 Å². The summed E-state index contributed by atoms with van der Waals surface area (Å²) in [4.78, 5) is 25.7. The molecule has 0 heterocycles. The highest BCUT2D eigenvalue weighted by molar-refractivity contribution is 7.96. The van der Waals surface area contributed by atoms with Crippen LogP contribution in [0, 0.1) is 0 Å². The number of hydrogen-bond donors (Lipinski definition) is 0. The van der Waals surface area contributed by atoms with Gasteiger partial charge in [-0.25, -0.2) is 4.79 Å². The Kier molecular flexibility index (Phi) is 7.12. The van der Waals surface area contributed by atoms with Crippen LogP contribution in [0.1, 0.15) is 27.6 Å². The molecule has 4 heteroatoms. The molecular weight excluding hydrogens is 427 g/mol. The Bertz CT molecular complexity index is 1110. The van der Waals surface area contributed by atoms with Crippen LogP contribution in [0.4, 0.5) is 0 Å². The van der Waals surface area contributed by atoms with E-state index in [-0.39, 0.29) is 11.8 Å². The molecule has 0 radical (unpaired) electrons. The lowest BCUT2D eigenvalue weighted by atomic mass is 10.1. The third-order valence-corrected chi connectivity index (χ3v) is 9.99. The van der Waals surface area contributed by atoms with Crippen molar-refractivity contribution in [2.75, 3.05) is 12.8 Å². The second-order valence-corrected chi connectivity index (χ2v) is 11.2. The van der Waals surface area contributed by atoms with Crippen LogP contribution in [-0.4, -0.2) is 24.5 Å². The van der Waals surface area contributed by atoms with E-state index in [0.717, 1.165) is 0 Å². The molecule has 0 saturated carbocycles. The van der Waals surface area contributed by atoms with Gasteiger partial charge in [0.15, 0.2) is 0 Å². The fourth-order valence-electron chi connectivity index (χ4n) is 4.08. The predicted molar refractivity (Wildman–Crippen MR) is 137 cm³/mol. The van der Waals surface area contributed by atoms with Crippen LogP contribution in [0.2, 0.25) is 0 Å². The first-order valence-electron chi connectivity index (χ1n) is 11.0. The lowest BCUT2D eigenvalue weighted by molar-refractivity contribution is 0.0526. The molecule has 33 heavy (non-hydrogen) atoms. The van der Waals surface area contributed by atoms with E-state index in [1.165, 1.54) is 15.9 Å². The molecule has 0 spiro atoms. The molecule has 0 saturated heterocycles. The summed E-state index contributed by atoms with van der Waals surface area (Å²) in [6.45, 7) is 2.09. The minimum atomic E-state index is -2.26. The summed E-state index contributed by atoms with van der Waals surface area (Å²) in [6.07, 6.45) is 0.365. The molecule has 0 aromatic heterocycles. The fraction of sp³-hybridized carbons (Fsp3) is 0.103. The number of Topliss-reactive ketones (excluding diaryl/α,β-unsaturated/α-hetero) is 1. The minimum absolute atomic E-state index is 0.0512. The molecule has 3 nitrogen and oxygen atoms in total. The molecule has 0 unspecified atom stereocenters. The summed E-state index contributed by atoms with van der Waals surface area (Å²) in [5.41, 5.74) is 1.04. The monoisotopic (exact) mass is 453 g/mol. The van der Waals surface area contributed by atoms with Gasteiger partial charge in [0.1, 0.15) is 29.3 Å². The topological polar surface area (TPSA) is 43.4 Å². The molecule has 0 aliphatic carbocycles. The van der Waals surface area contributed by atoms with Crippen LogP contribution in [0.15, 0.2) is 115 Å². The molecule has 0 amide bonds. The van der Waals surface area contributed by atoms with E-state index in [1.807, 2.05) is 54.6 Å². The zero-order valence-electron chi connectivity index (χ0n) is 18.6. The van der Waals surface area contributed by atoms with Crippen molar-refractivity contribution in [2.45, 2.75) is 6.92 Å². The number of hydrogen-bond acceptors (Lipinski definition) is 3. The average Bonchev–Trinajstić information content (AvgIpc) is 2.89. The standard InChI is InChI=1S/C29H26O3P/c1-2-32-29(31)24-20-18-23(19-21-24)28(30)22-33(25-12-6-3-7-13-25,26-14-8-4-9-15-26)27-16-10-5-11-17-27/h3-21H,2,22H2,1H3/q+1. The van der Waals surface area contributed by atoms with Gasteiger partial charge in [-0.1, -0.05) is 66.7 Å². The summed E-state index contributed by atoms with van der Waals surface area (Å²) in [5, 5.41) is 3.50. The van der Waals surface area contributed by atoms with Gasteiger partial charge in [-0.3, -0.25) is 4.79 Å². The van der Waals surface area contributed by atoms with E-state index in [0.29, 0.717) is 23.9 Å². The van der Waals surface area contributed by atoms with Gasteiger partial charge in [-0.15, -0.1) is 0 Å². The van der Waals surface area contributed by atoms with Gasteiger partial charge in [-0.05, 0) is 55.5 Å². The lowest BCUT2D eigenvalue weighted by Crippen LogP contribution is -2.35. The van der Waals surface area contributed by atoms with Crippen LogP contribution in [0.25, 0.3) is 0 Å². The zero-order chi connectivity index (χ0) is 23.1. The van der Waals surface area contributed by atoms with Gasteiger partial charge in [0.05, 0.1) is 12.2 Å². The summed E-state index contributed by atoms with van der Waals surface area (Å²) in [6, 6.07) is 37.8. The van der Waals surface area contributed by atoms with E-state index in [1.54, 1.807) is 31.2 Å². The Morgan fingerprint density at radius 1 is 0.606 bits per heavy atom. The molecule has 0 fully saturated rings. The molecule has 0 atom stereocenters. The summed E-state index contributed by atoms with van der Waals surface area (Å²) in [7, 11) is -2.26. The van der Waals surface area contributed by atoms with Gasteiger partial charge in [-0.2, -0.15) is 0 Å². The summed E-state index contributed by atoms with van der Waals surface area (Å²) in [5.74, 6) is -0.327. The Hall–Kier alpha value is -3.55. The van der Waals surface area contributed by atoms with Crippen LogP contribution in [0.3, 0.4) is 0 Å². The first-order chi connectivity index (χ1) is 16.1. The molecule has 4 rings (SSSR count). The van der Waals surface area contributed by atoms with Crippen molar-refractivity contribution in [3.63, 3.8) is 0 Å². The fourth-order valence-corrected chi connectivity index (χ4v) is 8.18. The van der Waals surface area contributed by atoms with Crippen molar-refractivity contribution in [1.82, 2.24) is 0 Å². The van der Waals surface area contributed by atoms with Crippen molar-refractivity contribution >= 4 is 34.9 Å². The number of carbonyl (C=O) groups is 2. The molecule has 0 N–H and O–H groups in total. The molecule has 0 aliphatic rings. The van der Waals surface area contributed by atoms with Crippen LogP contribution >= 0.6 is 7.26 Å². The lowest BCUT2D eigenvalue weighted by Gasteiger charge is -2.27.